The quantitative estimate of drug-likeness (QED) is 0.635. The Morgan fingerprint density at radius 3 is 2.81 bits per heavy atom. The van der Waals surface area contributed by atoms with Crippen LogP contribution in [0.15, 0.2) is 18.5 Å². The van der Waals surface area contributed by atoms with Gasteiger partial charge in [0.05, 0.1) is 11.3 Å². The summed E-state index contributed by atoms with van der Waals surface area (Å²) < 4.78 is 4.99. The molecule has 0 spiro atoms. The molecule has 0 saturated heterocycles. The first kappa shape index (κ1) is 17.4. The zero-order valence-electron chi connectivity index (χ0n) is 13.2. The molecule has 0 aliphatic carbocycles. The molecule has 1 amide bonds. The van der Waals surface area contributed by atoms with E-state index in [1.54, 1.807) is 19.5 Å². The van der Waals surface area contributed by atoms with Crippen LogP contribution in [0.1, 0.15) is 23.2 Å². The molecule has 21 heavy (non-hydrogen) atoms. The molecular formula is C15H26N4O2. The monoisotopic (exact) mass is 294 g/mol. The van der Waals surface area contributed by atoms with Gasteiger partial charge in [-0.25, -0.2) is 0 Å². The Morgan fingerprint density at radius 2 is 2.10 bits per heavy atom. The number of carbonyl (C=O) groups is 1. The molecule has 0 aromatic carbocycles. The summed E-state index contributed by atoms with van der Waals surface area (Å²) in [5.74, 6) is -0.0817. The van der Waals surface area contributed by atoms with E-state index in [4.69, 9.17) is 4.74 Å². The van der Waals surface area contributed by atoms with Crippen LogP contribution in [0.4, 0.5) is 5.69 Å². The molecule has 1 heterocycles. The van der Waals surface area contributed by atoms with E-state index in [1.165, 1.54) is 0 Å². The largest absolute Gasteiger partial charge is 0.385 e. The number of pyridine rings is 1. The van der Waals surface area contributed by atoms with Crippen molar-refractivity contribution in [2.45, 2.75) is 12.8 Å². The molecule has 1 rings (SSSR count). The summed E-state index contributed by atoms with van der Waals surface area (Å²) in [6.45, 7) is 3.14. The number of ether oxygens (including phenoxy) is 1. The topological polar surface area (TPSA) is 66.5 Å². The lowest BCUT2D eigenvalue weighted by molar-refractivity contribution is 0.0952. The zero-order valence-corrected chi connectivity index (χ0v) is 13.2. The van der Waals surface area contributed by atoms with E-state index in [0.717, 1.165) is 31.6 Å². The average Bonchev–Trinajstić information content (AvgIpc) is 2.48. The average molecular weight is 294 g/mol. The Morgan fingerprint density at radius 1 is 1.29 bits per heavy atom. The van der Waals surface area contributed by atoms with Gasteiger partial charge >= 0.3 is 0 Å². The summed E-state index contributed by atoms with van der Waals surface area (Å²) >= 11 is 0. The summed E-state index contributed by atoms with van der Waals surface area (Å²) in [5.41, 5.74) is 1.43. The predicted octanol–water partition coefficient (Wildman–Crippen LogP) is 1.21. The summed E-state index contributed by atoms with van der Waals surface area (Å²) in [5, 5.41) is 6.13. The van der Waals surface area contributed by atoms with Crippen molar-refractivity contribution in [3.8, 4) is 0 Å². The summed E-state index contributed by atoms with van der Waals surface area (Å²) in [6.07, 6.45) is 5.15. The Balaban J connectivity index is 2.38. The molecule has 0 radical (unpaired) electrons. The number of hydrogen-bond acceptors (Lipinski definition) is 5. The number of carbonyl (C=O) groups excluding carboxylic acids is 1. The van der Waals surface area contributed by atoms with E-state index in [-0.39, 0.29) is 5.91 Å². The van der Waals surface area contributed by atoms with Gasteiger partial charge in [-0.05, 0) is 39.5 Å². The van der Waals surface area contributed by atoms with Crippen molar-refractivity contribution in [2.75, 3.05) is 52.8 Å². The second-order valence-corrected chi connectivity index (χ2v) is 5.15. The van der Waals surface area contributed by atoms with Gasteiger partial charge in [0.25, 0.3) is 5.91 Å². The van der Waals surface area contributed by atoms with E-state index in [1.807, 2.05) is 20.2 Å². The Labute approximate surface area is 126 Å². The number of rotatable bonds is 10. The van der Waals surface area contributed by atoms with Gasteiger partial charge < -0.3 is 20.3 Å². The number of amides is 1. The van der Waals surface area contributed by atoms with Crippen LogP contribution in [0.3, 0.4) is 0 Å². The first-order chi connectivity index (χ1) is 10.1. The van der Waals surface area contributed by atoms with Gasteiger partial charge in [-0.3, -0.25) is 9.78 Å². The first-order valence-corrected chi connectivity index (χ1v) is 7.24. The highest BCUT2D eigenvalue weighted by Crippen LogP contribution is 2.08. The van der Waals surface area contributed by atoms with Crippen molar-refractivity contribution in [3.05, 3.63) is 24.0 Å². The highest BCUT2D eigenvalue weighted by molar-refractivity contribution is 5.94. The Bertz CT molecular complexity index is 424. The summed E-state index contributed by atoms with van der Waals surface area (Å²) in [7, 11) is 5.72. The number of nitrogens with one attached hydrogen (secondary N) is 2. The zero-order chi connectivity index (χ0) is 15.5. The van der Waals surface area contributed by atoms with Crippen molar-refractivity contribution in [2.24, 2.45) is 0 Å². The first-order valence-electron chi connectivity index (χ1n) is 7.24. The van der Waals surface area contributed by atoms with Gasteiger partial charge in [0.1, 0.15) is 0 Å². The van der Waals surface area contributed by atoms with E-state index >= 15 is 0 Å². The lowest BCUT2D eigenvalue weighted by Crippen LogP contribution is -2.27. The minimum absolute atomic E-state index is 0.0817. The molecule has 0 aliphatic rings. The standard InChI is InChI=1S/C15H26N4O2/c1-19(2)8-4-6-18-15(20)13-10-14(12-16-11-13)17-7-5-9-21-3/h10-12,17H,4-9H2,1-3H3,(H,18,20). The van der Waals surface area contributed by atoms with Crippen molar-refractivity contribution < 1.29 is 9.53 Å². The molecular weight excluding hydrogens is 268 g/mol. The molecule has 0 bridgehead atoms. The molecule has 1 aromatic rings. The normalized spacial score (nSPS) is 10.7. The maximum atomic E-state index is 12.0. The second-order valence-electron chi connectivity index (χ2n) is 5.15. The van der Waals surface area contributed by atoms with Crippen molar-refractivity contribution in [3.63, 3.8) is 0 Å². The predicted molar refractivity (Wildman–Crippen MR) is 84.7 cm³/mol. The number of aromatic nitrogens is 1. The maximum absolute atomic E-state index is 12.0. The molecule has 6 heteroatoms. The van der Waals surface area contributed by atoms with Gasteiger partial charge in [0.15, 0.2) is 0 Å². The molecule has 1 aromatic heterocycles. The van der Waals surface area contributed by atoms with Crippen LogP contribution in [0.25, 0.3) is 0 Å². The van der Waals surface area contributed by atoms with Gasteiger partial charge in [-0.2, -0.15) is 0 Å². The Hall–Kier alpha value is -1.66. The fourth-order valence-corrected chi connectivity index (χ4v) is 1.81. The maximum Gasteiger partial charge on any atom is 0.252 e. The van der Waals surface area contributed by atoms with Crippen molar-refractivity contribution in [1.29, 1.82) is 0 Å². The van der Waals surface area contributed by atoms with Crippen LogP contribution in [0.2, 0.25) is 0 Å². The molecule has 0 saturated carbocycles. The third-order valence-corrected chi connectivity index (χ3v) is 2.92. The number of nitrogens with zero attached hydrogens (tertiary/aromatic N) is 2. The van der Waals surface area contributed by atoms with Gasteiger partial charge in [0.2, 0.25) is 0 Å². The lowest BCUT2D eigenvalue weighted by atomic mass is 10.2. The van der Waals surface area contributed by atoms with Gasteiger partial charge in [-0.15, -0.1) is 0 Å². The Kier molecular flexibility index (Phi) is 8.38. The van der Waals surface area contributed by atoms with E-state index in [2.05, 4.69) is 20.5 Å². The van der Waals surface area contributed by atoms with Crippen molar-refractivity contribution >= 4 is 11.6 Å². The van der Waals surface area contributed by atoms with Crippen molar-refractivity contribution in [1.82, 2.24) is 15.2 Å². The minimum atomic E-state index is -0.0817. The molecule has 6 nitrogen and oxygen atoms in total. The fourth-order valence-electron chi connectivity index (χ4n) is 1.81. The van der Waals surface area contributed by atoms with Gasteiger partial charge in [0, 0.05) is 39.2 Å². The smallest absolute Gasteiger partial charge is 0.252 e. The molecule has 0 atom stereocenters. The van der Waals surface area contributed by atoms with Crippen LogP contribution in [-0.4, -0.2) is 63.2 Å². The highest BCUT2D eigenvalue weighted by atomic mass is 16.5. The third kappa shape index (κ3) is 7.63. The van der Waals surface area contributed by atoms with Crippen LogP contribution < -0.4 is 10.6 Å². The van der Waals surface area contributed by atoms with Crippen LogP contribution >= 0.6 is 0 Å². The SMILES string of the molecule is COCCCNc1cncc(C(=O)NCCCN(C)C)c1. The van der Waals surface area contributed by atoms with E-state index < -0.39 is 0 Å². The molecule has 0 fully saturated rings. The number of anilines is 1. The number of hydrogen-bond donors (Lipinski definition) is 2. The van der Waals surface area contributed by atoms with E-state index in [0.29, 0.717) is 18.7 Å². The van der Waals surface area contributed by atoms with Crippen LogP contribution in [0, 0.1) is 0 Å². The molecule has 0 unspecified atom stereocenters. The van der Waals surface area contributed by atoms with Crippen LogP contribution in [-0.2, 0) is 4.74 Å². The second kappa shape index (κ2) is 10.1. The van der Waals surface area contributed by atoms with Gasteiger partial charge in [-0.1, -0.05) is 0 Å². The highest BCUT2D eigenvalue weighted by Gasteiger charge is 2.06. The summed E-state index contributed by atoms with van der Waals surface area (Å²) in [4.78, 5) is 18.2. The molecule has 118 valence electrons. The number of methoxy groups -OCH3 is 1. The van der Waals surface area contributed by atoms with Crippen LogP contribution in [0.5, 0.6) is 0 Å². The molecule has 0 aliphatic heterocycles. The van der Waals surface area contributed by atoms with E-state index in [9.17, 15) is 4.79 Å². The molecule has 2 N–H and O–H groups in total. The third-order valence-electron chi connectivity index (χ3n) is 2.92. The summed E-state index contributed by atoms with van der Waals surface area (Å²) in [6, 6.07) is 1.82. The fraction of sp³-hybridized carbons (Fsp3) is 0.600. The lowest BCUT2D eigenvalue weighted by Gasteiger charge is -2.10. The minimum Gasteiger partial charge on any atom is -0.385 e.